The van der Waals surface area contributed by atoms with Crippen LogP contribution in [-0.2, 0) is 0 Å². The van der Waals surface area contributed by atoms with Crippen LogP contribution in [0.1, 0.15) is 39.1 Å². The number of carbonyl (C=O) groups excluding carboxylic acids is 2. The Kier molecular flexibility index (Phi) is 5.11. The molecule has 126 valence electrons. The first-order valence-electron chi connectivity index (χ1n) is 7.57. The number of ketones is 1. The number of ether oxygens (including phenoxy) is 1. The maximum absolute atomic E-state index is 12.6. The van der Waals surface area contributed by atoms with Crippen LogP contribution < -0.4 is 4.74 Å². The molecule has 0 spiro atoms. The molecule has 1 aliphatic heterocycles. The van der Waals surface area contributed by atoms with Gasteiger partial charge in [-0.2, -0.15) is 0 Å². The second kappa shape index (κ2) is 7.27. The molecule has 1 unspecified atom stereocenters. The molecular weight excluding hydrogens is 350 g/mol. The van der Waals surface area contributed by atoms with E-state index in [2.05, 4.69) is 9.97 Å². The Hall–Kier alpha value is -1.99. The van der Waals surface area contributed by atoms with Crippen LogP contribution in [-0.4, -0.2) is 45.8 Å². The predicted octanol–water partition coefficient (Wildman–Crippen LogP) is 3.08. The summed E-state index contributed by atoms with van der Waals surface area (Å²) in [5.41, 5.74) is 0. The molecule has 1 fully saturated rings. The fourth-order valence-corrected chi connectivity index (χ4v) is 3.49. The number of hydrogen-bond donors (Lipinski definition) is 0. The number of carbonyl (C=O) groups is 2. The third-order valence-corrected chi connectivity index (χ3v) is 5.07. The zero-order chi connectivity index (χ0) is 17.1. The largest absolute Gasteiger partial charge is 0.458 e. The molecule has 6 nitrogen and oxygen atoms in total. The highest BCUT2D eigenvalue weighted by molar-refractivity contribution is 7.15. The molecule has 2 aromatic heterocycles. The summed E-state index contributed by atoms with van der Waals surface area (Å²) in [5, 5.41) is 0.446. The number of nitrogens with zero attached hydrogens (tertiary/aromatic N) is 3. The quantitative estimate of drug-likeness (QED) is 0.778. The third-order valence-electron chi connectivity index (χ3n) is 3.70. The van der Waals surface area contributed by atoms with Crippen LogP contribution in [0.4, 0.5) is 0 Å². The molecule has 0 bridgehead atoms. The molecule has 0 saturated carbocycles. The van der Waals surface area contributed by atoms with Crippen LogP contribution in [0.3, 0.4) is 0 Å². The van der Waals surface area contributed by atoms with E-state index in [1.54, 1.807) is 17.0 Å². The van der Waals surface area contributed by atoms with Gasteiger partial charge in [0.2, 0.25) is 0 Å². The first kappa shape index (κ1) is 16.9. The van der Waals surface area contributed by atoms with Gasteiger partial charge < -0.3 is 9.64 Å². The van der Waals surface area contributed by atoms with E-state index in [1.165, 1.54) is 30.7 Å². The van der Waals surface area contributed by atoms with Crippen LogP contribution in [0.25, 0.3) is 0 Å². The zero-order valence-corrected chi connectivity index (χ0v) is 14.6. The maximum atomic E-state index is 12.6. The van der Waals surface area contributed by atoms with E-state index < -0.39 is 0 Å². The Morgan fingerprint density at radius 2 is 2.00 bits per heavy atom. The first-order chi connectivity index (χ1) is 11.5. The van der Waals surface area contributed by atoms with Gasteiger partial charge in [0.05, 0.1) is 33.7 Å². The van der Waals surface area contributed by atoms with Crippen molar-refractivity contribution in [2.24, 2.45) is 0 Å². The van der Waals surface area contributed by atoms with E-state index in [1.807, 2.05) is 0 Å². The summed E-state index contributed by atoms with van der Waals surface area (Å²) in [6, 6.07) is 3.66. The second-order valence-electron chi connectivity index (χ2n) is 5.54. The second-order valence-corrected chi connectivity index (χ2v) is 7.06. The highest BCUT2D eigenvalue weighted by atomic mass is 35.5. The molecule has 1 atom stereocenters. The molecular formula is C16H16ClN3O3S. The van der Waals surface area contributed by atoms with Gasteiger partial charge in [-0.25, -0.2) is 9.97 Å². The SMILES string of the molecule is CC(=O)c1ccc(C(=O)N2CCCC(Oc3ncc(Cl)cn3)C2)s1. The topological polar surface area (TPSA) is 72.4 Å². The number of likely N-dealkylation sites (tertiary alicyclic amines) is 1. The molecule has 0 N–H and O–H groups in total. The minimum absolute atomic E-state index is 0.0289. The lowest BCUT2D eigenvalue weighted by molar-refractivity contribution is 0.0520. The van der Waals surface area contributed by atoms with Crippen molar-refractivity contribution in [3.05, 3.63) is 39.3 Å². The van der Waals surface area contributed by atoms with Gasteiger partial charge in [0.15, 0.2) is 5.78 Å². The molecule has 3 rings (SSSR count). The highest BCUT2D eigenvalue weighted by Gasteiger charge is 2.27. The van der Waals surface area contributed by atoms with Crippen molar-refractivity contribution in [1.29, 1.82) is 0 Å². The van der Waals surface area contributed by atoms with E-state index in [0.29, 0.717) is 27.9 Å². The van der Waals surface area contributed by atoms with Crippen LogP contribution in [0.5, 0.6) is 6.01 Å². The summed E-state index contributed by atoms with van der Waals surface area (Å²) in [5.74, 6) is -0.100. The Morgan fingerprint density at radius 3 is 2.67 bits per heavy atom. The smallest absolute Gasteiger partial charge is 0.316 e. The molecule has 1 aliphatic rings. The number of halogens is 1. The van der Waals surface area contributed by atoms with Gasteiger partial charge in [-0.1, -0.05) is 11.6 Å². The van der Waals surface area contributed by atoms with Crippen molar-refractivity contribution in [2.45, 2.75) is 25.9 Å². The Balaban J connectivity index is 1.64. The van der Waals surface area contributed by atoms with Gasteiger partial charge in [-0.3, -0.25) is 9.59 Å². The van der Waals surface area contributed by atoms with E-state index in [4.69, 9.17) is 16.3 Å². The van der Waals surface area contributed by atoms with Crippen molar-refractivity contribution in [3.63, 3.8) is 0 Å². The number of rotatable bonds is 4. The summed E-state index contributed by atoms with van der Waals surface area (Å²) in [6.45, 7) is 2.64. The third kappa shape index (κ3) is 3.91. The number of thiophene rings is 1. The lowest BCUT2D eigenvalue weighted by Crippen LogP contribution is -2.44. The first-order valence-corrected chi connectivity index (χ1v) is 8.76. The summed E-state index contributed by atoms with van der Waals surface area (Å²) >= 11 is 6.98. The fourth-order valence-electron chi connectivity index (χ4n) is 2.53. The molecule has 1 saturated heterocycles. The Morgan fingerprint density at radius 1 is 1.29 bits per heavy atom. The summed E-state index contributed by atoms with van der Waals surface area (Å²) in [6.07, 6.45) is 4.47. The zero-order valence-electron chi connectivity index (χ0n) is 13.1. The van der Waals surface area contributed by atoms with Crippen molar-refractivity contribution < 1.29 is 14.3 Å². The van der Waals surface area contributed by atoms with Crippen LogP contribution >= 0.6 is 22.9 Å². The molecule has 24 heavy (non-hydrogen) atoms. The number of piperidine rings is 1. The van der Waals surface area contributed by atoms with Gasteiger partial charge in [0, 0.05) is 6.54 Å². The van der Waals surface area contributed by atoms with Crippen molar-refractivity contribution in [2.75, 3.05) is 13.1 Å². The minimum Gasteiger partial charge on any atom is -0.458 e. The number of Topliss-reactive ketones (excluding diaryl/α,β-unsaturated/α-hetero) is 1. The summed E-state index contributed by atoms with van der Waals surface area (Å²) in [7, 11) is 0. The highest BCUT2D eigenvalue weighted by Crippen LogP contribution is 2.22. The number of hydrogen-bond acceptors (Lipinski definition) is 6. The van der Waals surface area contributed by atoms with E-state index in [0.717, 1.165) is 12.8 Å². The Labute approximate surface area is 148 Å². The minimum atomic E-state index is -0.156. The van der Waals surface area contributed by atoms with E-state index in [-0.39, 0.29) is 23.8 Å². The number of aromatic nitrogens is 2. The molecule has 1 amide bonds. The summed E-state index contributed by atoms with van der Waals surface area (Å²) < 4.78 is 5.74. The Bertz CT molecular complexity index is 747. The molecule has 3 heterocycles. The number of amides is 1. The standard InChI is InChI=1S/C16H16ClN3O3S/c1-10(21)13-4-5-14(24-13)15(22)20-6-2-3-12(9-20)23-16-18-7-11(17)8-19-16/h4-5,7-8,12H,2-3,6,9H2,1H3. The molecule has 8 heteroatoms. The summed E-state index contributed by atoms with van der Waals surface area (Å²) in [4.78, 5) is 34.9. The van der Waals surface area contributed by atoms with Gasteiger partial charge in [-0.15, -0.1) is 11.3 Å². The van der Waals surface area contributed by atoms with Gasteiger partial charge in [0.25, 0.3) is 5.91 Å². The molecule has 0 radical (unpaired) electrons. The van der Waals surface area contributed by atoms with E-state index in [9.17, 15) is 9.59 Å². The predicted molar refractivity (Wildman–Crippen MR) is 90.9 cm³/mol. The maximum Gasteiger partial charge on any atom is 0.316 e. The van der Waals surface area contributed by atoms with Gasteiger partial charge in [0.1, 0.15) is 6.10 Å². The van der Waals surface area contributed by atoms with Crippen molar-refractivity contribution >= 4 is 34.6 Å². The lowest BCUT2D eigenvalue weighted by atomic mass is 10.1. The van der Waals surface area contributed by atoms with Crippen LogP contribution in [0.2, 0.25) is 5.02 Å². The molecule has 2 aromatic rings. The fraction of sp³-hybridized carbons (Fsp3) is 0.375. The van der Waals surface area contributed by atoms with Crippen molar-refractivity contribution in [3.8, 4) is 6.01 Å². The monoisotopic (exact) mass is 365 g/mol. The van der Waals surface area contributed by atoms with Gasteiger partial charge >= 0.3 is 6.01 Å². The van der Waals surface area contributed by atoms with Crippen LogP contribution in [0.15, 0.2) is 24.5 Å². The lowest BCUT2D eigenvalue weighted by Gasteiger charge is -2.32. The normalized spacial score (nSPS) is 17.6. The van der Waals surface area contributed by atoms with Crippen LogP contribution in [0, 0.1) is 0 Å². The van der Waals surface area contributed by atoms with Gasteiger partial charge in [-0.05, 0) is 31.9 Å². The average molecular weight is 366 g/mol. The van der Waals surface area contributed by atoms with E-state index >= 15 is 0 Å². The molecule has 0 aliphatic carbocycles. The van der Waals surface area contributed by atoms with Crippen molar-refractivity contribution in [1.82, 2.24) is 14.9 Å². The molecule has 0 aromatic carbocycles. The average Bonchev–Trinajstić information content (AvgIpc) is 3.07.